The van der Waals surface area contributed by atoms with E-state index < -0.39 is 8.07 Å². The Morgan fingerprint density at radius 1 is 0.120 bits per heavy atom. The lowest BCUT2D eigenvalue weighted by atomic mass is 10.1. The summed E-state index contributed by atoms with van der Waals surface area (Å²) in [5.41, 5.74) is 25.5. The van der Waals surface area contributed by atoms with Gasteiger partial charge in [0.2, 0.25) is 0 Å². The fourth-order valence-electron chi connectivity index (χ4n) is 23.4. The molecule has 616 valence electrons. The summed E-state index contributed by atoms with van der Waals surface area (Å²) >= 11 is 0. The van der Waals surface area contributed by atoms with Crippen LogP contribution in [0.4, 0.5) is 0 Å². The monoisotopic (exact) mass is 1720 g/mol. The van der Waals surface area contributed by atoms with Gasteiger partial charge in [0.25, 0.3) is 0 Å². The number of benzene rings is 20. The molecule has 0 N–H and O–H groups in total. The highest BCUT2D eigenvalue weighted by Crippen LogP contribution is 2.47. The summed E-state index contributed by atoms with van der Waals surface area (Å²) in [4.78, 5) is 0. The number of hydrogen-bond acceptors (Lipinski definition) is 8. The molecular weight excluding hydrogens is 1650 g/mol. The number of hydrogen-bond donors (Lipinski definition) is 0. The predicted molar refractivity (Wildman–Crippen MR) is 546 cm³/mol. The second-order valence-corrected chi connectivity index (χ2v) is 39.8. The van der Waals surface area contributed by atoms with Gasteiger partial charge in [0.1, 0.15) is 89.3 Å². The molecule has 133 heavy (non-hydrogen) atoms. The van der Waals surface area contributed by atoms with Crippen molar-refractivity contribution in [1.82, 2.24) is 18.3 Å². The lowest BCUT2D eigenvalue weighted by molar-refractivity contribution is 0.664. The summed E-state index contributed by atoms with van der Waals surface area (Å²) in [6.07, 6.45) is 0. The van der Waals surface area contributed by atoms with Gasteiger partial charge in [-0.05, 0) is 215 Å². The van der Waals surface area contributed by atoms with E-state index in [0.717, 1.165) is 263 Å². The maximum atomic E-state index is 7.22. The van der Waals surface area contributed by atoms with E-state index >= 15 is 0 Å². The summed E-state index contributed by atoms with van der Waals surface area (Å²) < 4.78 is 66.4. The van der Waals surface area contributed by atoms with Crippen LogP contribution in [-0.4, -0.2) is 26.3 Å². The van der Waals surface area contributed by atoms with Crippen LogP contribution < -0.4 is 20.7 Å². The lowest BCUT2D eigenvalue weighted by Crippen LogP contribution is -2.74. The van der Waals surface area contributed by atoms with E-state index in [1.165, 1.54) is 43.1 Å². The van der Waals surface area contributed by atoms with Gasteiger partial charge in [-0.2, -0.15) is 0 Å². The zero-order valence-electron chi connectivity index (χ0n) is 70.5. The van der Waals surface area contributed by atoms with Crippen molar-refractivity contribution in [2.45, 2.75) is 0 Å². The summed E-state index contributed by atoms with van der Waals surface area (Å²) in [5.74, 6) is 0. The standard InChI is InChI=1S/C120H64N4O8Si/c1-9-25-97-73(17-1)74-18-2-10-26-98(74)121(97)65-33-41-105-81(49-65)89-57-117-93(61-113(89)125-105)85-53-69(37-45-109(85)129-117)133(70-38-46-110-86(54-70)94-62-114-90(58-118(94)130-110)82-50-66(34-42-106(82)126-114)122-99-27-11-3-19-75(99)76-20-4-12-28-100(76)122,71-39-47-111-87(55-71)95-63-115-91(59-119(95)131-111)83-51-67(35-43-107(83)127-115)123-101-29-13-5-21-77(101)78-22-6-14-30-102(78)123)72-40-48-112-88(56-72)96-64-116-92(60-120(96)132-112)84-52-68(36-44-108(84)128-116)124-103-31-15-7-23-79(103)80-24-8-16-32-104(80)124/h1-64H. The molecule has 20 aromatic carbocycles. The van der Waals surface area contributed by atoms with Crippen molar-refractivity contribution in [2.24, 2.45) is 0 Å². The van der Waals surface area contributed by atoms with Crippen molar-refractivity contribution in [3.63, 3.8) is 0 Å². The topological polar surface area (TPSA) is 125 Å². The van der Waals surface area contributed by atoms with Gasteiger partial charge in [0.05, 0.1) is 44.1 Å². The molecule has 12 nitrogen and oxygen atoms in total. The first kappa shape index (κ1) is 70.3. The Balaban J connectivity index is 0.633. The van der Waals surface area contributed by atoms with Crippen molar-refractivity contribution >= 4 is 292 Å². The molecule has 0 bridgehead atoms. The SMILES string of the molecule is c1ccc2c(c1)c1ccccc1n2-c1ccc2oc3cc4c(cc3c2c1)oc1ccc([Si](c2ccc3oc5cc6c(cc5c3c2)oc2ccc(-n3c5ccccc5c5ccccc53)cc26)(c2ccc3oc5cc6c(cc5c3c2)oc2ccc(-n3c5ccccc5c5ccccc53)cc26)c2ccc3oc5cc6c(cc5c3c2)oc2ccc(-n3c5ccccc5c5ccccc53)cc26)cc14. The fourth-order valence-corrected chi connectivity index (χ4v) is 28.2. The van der Waals surface area contributed by atoms with Gasteiger partial charge in [0, 0.05) is 152 Å². The summed E-state index contributed by atoms with van der Waals surface area (Å²) in [5, 5.41) is 29.4. The van der Waals surface area contributed by atoms with Crippen molar-refractivity contribution in [1.29, 1.82) is 0 Å². The lowest BCUT2D eigenvalue weighted by Gasteiger charge is -2.34. The molecule has 0 radical (unpaired) electrons. The summed E-state index contributed by atoms with van der Waals surface area (Å²) in [6, 6.07) is 141. The van der Waals surface area contributed by atoms with E-state index in [9.17, 15) is 0 Å². The van der Waals surface area contributed by atoms with Gasteiger partial charge in [-0.1, -0.05) is 194 Å². The molecule has 32 aromatic rings. The van der Waals surface area contributed by atoms with Gasteiger partial charge >= 0.3 is 0 Å². The van der Waals surface area contributed by atoms with Crippen LogP contribution in [0.3, 0.4) is 0 Å². The Hall–Kier alpha value is -17.8. The molecular formula is C120H64N4O8Si. The molecule has 0 unspecified atom stereocenters. The van der Waals surface area contributed by atoms with Gasteiger partial charge in [0.15, 0.2) is 8.07 Å². The quantitative estimate of drug-likeness (QED) is 0.109. The highest BCUT2D eigenvalue weighted by molar-refractivity contribution is 7.20. The van der Waals surface area contributed by atoms with Crippen LogP contribution in [0.1, 0.15) is 0 Å². The summed E-state index contributed by atoms with van der Waals surface area (Å²) in [6.45, 7) is 0. The first-order chi connectivity index (χ1) is 65.8. The molecule has 0 amide bonds. The van der Waals surface area contributed by atoms with Gasteiger partial charge in [-0.3, -0.25) is 0 Å². The average molecular weight is 1720 g/mol. The molecule has 13 heteroatoms. The number of nitrogens with zero attached hydrogens (tertiary/aromatic N) is 4. The molecule has 0 aliphatic heterocycles. The number of furan rings is 8. The van der Waals surface area contributed by atoms with E-state index in [0.29, 0.717) is 0 Å². The number of fused-ring (bicyclic) bond motifs is 36. The number of para-hydroxylation sites is 8. The van der Waals surface area contributed by atoms with Gasteiger partial charge in [-0.15, -0.1) is 0 Å². The smallest absolute Gasteiger partial charge is 0.179 e. The molecule has 32 rings (SSSR count). The molecule has 0 atom stereocenters. The van der Waals surface area contributed by atoms with Gasteiger partial charge in [-0.25, -0.2) is 0 Å². The second-order valence-electron chi connectivity index (χ2n) is 36.0. The minimum absolute atomic E-state index is 0.750. The van der Waals surface area contributed by atoms with Crippen molar-refractivity contribution < 1.29 is 35.3 Å². The van der Waals surface area contributed by atoms with Crippen LogP contribution in [0.5, 0.6) is 0 Å². The molecule has 0 aliphatic carbocycles. The maximum absolute atomic E-state index is 7.22. The minimum Gasteiger partial charge on any atom is -0.456 e. The Morgan fingerprint density at radius 3 is 0.436 bits per heavy atom. The molecule has 12 aromatic heterocycles. The highest BCUT2D eigenvalue weighted by atomic mass is 28.3. The van der Waals surface area contributed by atoms with Crippen molar-refractivity contribution in [3.8, 4) is 22.7 Å². The third-order valence-electron chi connectivity index (χ3n) is 29.3. The Morgan fingerprint density at radius 2 is 0.263 bits per heavy atom. The molecule has 12 heterocycles. The van der Waals surface area contributed by atoms with Crippen LogP contribution >= 0.6 is 0 Å². The Labute approximate surface area is 751 Å². The Kier molecular flexibility index (Phi) is 13.4. The third kappa shape index (κ3) is 9.45. The largest absolute Gasteiger partial charge is 0.456 e. The Bertz CT molecular complexity index is 9460. The predicted octanol–water partition coefficient (Wildman–Crippen LogP) is 30.6. The van der Waals surface area contributed by atoms with Crippen LogP contribution in [0.25, 0.3) is 285 Å². The normalized spacial score (nSPS) is 12.8. The van der Waals surface area contributed by atoms with E-state index in [1.54, 1.807) is 0 Å². The maximum Gasteiger partial charge on any atom is 0.179 e. The average Bonchev–Trinajstić information content (AvgIpc) is 1.67. The first-order valence-corrected chi connectivity index (χ1v) is 47.1. The highest BCUT2D eigenvalue weighted by Gasteiger charge is 2.44. The van der Waals surface area contributed by atoms with E-state index in [2.05, 4.69) is 407 Å². The van der Waals surface area contributed by atoms with E-state index in [1.807, 2.05) is 0 Å². The fraction of sp³-hybridized carbons (Fsp3) is 0. The van der Waals surface area contributed by atoms with E-state index in [4.69, 9.17) is 35.3 Å². The first-order valence-electron chi connectivity index (χ1n) is 45.1. The molecule has 0 saturated heterocycles. The number of aromatic nitrogens is 4. The van der Waals surface area contributed by atoms with Crippen molar-refractivity contribution in [2.75, 3.05) is 0 Å². The zero-order valence-corrected chi connectivity index (χ0v) is 71.5. The van der Waals surface area contributed by atoms with Crippen LogP contribution in [0, 0.1) is 0 Å². The molecule has 0 saturated carbocycles. The molecule has 0 fully saturated rings. The van der Waals surface area contributed by atoms with Gasteiger partial charge < -0.3 is 53.6 Å². The molecule has 0 spiro atoms. The van der Waals surface area contributed by atoms with Crippen LogP contribution in [0.2, 0.25) is 0 Å². The van der Waals surface area contributed by atoms with Crippen LogP contribution in [0.15, 0.2) is 424 Å². The number of rotatable bonds is 8. The second kappa shape index (κ2) is 25.4. The zero-order chi connectivity index (χ0) is 86.1. The third-order valence-corrected chi connectivity index (χ3v) is 34.0. The van der Waals surface area contributed by atoms with E-state index in [-0.39, 0.29) is 0 Å². The summed E-state index contributed by atoms with van der Waals surface area (Å²) in [7, 11) is -3.89. The molecule has 0 aliphatic rings. The van der Waals surface area contributed by atoms with Crippen molar-refractivity contribution in [3.05, 3.63) is 388 Å². The van der Waals surface area contributed by atoms with Crippen LogP contribution in [-0.2, 0) is 0 Å². The minimum atomic E-state index is -3.89.